The molecule has 3 aromatic carbocycles. The van der Waals surface area contributed by atoms with Crippen molar-refractivity contribution in [3.63, 3.8) is 0 Å². The molecule has 0 unspecified atom stereocenters. The van der Waals surface area contributed by atoms with Crippen molar-refractivity contribution in [2.75, 3.05) is 18.2 Å². The second kappa shape index (κ2) is 9.35. The highest BCUT2D eigenvalue weighted by Crippen LogP contribution is 2.49. The number of hydrogen-bond acceptors (Lipinski definition) is 3. The fourth-order valence-corrected chi connectivity index (χ4v) is 4.99. The Bertz CT molecular complexity index is 1040. The molecular formula is C27H27ClN2O2. The van der Waals surface area contributed by atoms with Gasteiger partial charge in [0, 0.05) is 18.1 Å². The Morgan fingerprint density at radius 1 is 0.781 bits per heavy atom. The first-order chi connectivity index (χ1) is 15.7. The molecule has 2 heterocycles. The Balaban J connectivity index is 1.61. The predicted molar refractivity (Wildman–Crippen MR) is 127 cm³/mol. The van der Waals surface area contributed by atoms with Crippen LogP contribution in [0, 0.1) is 5.92 Å². The van der Waals surface area contributed by atoms with Crippen molar-refractivity contribution in [1.82, 2.24) is 4.90 Å². The van der Waals surface area contributed by atoms with Gasteiger partial charge in [-0.3, -0.25) is 9.63 Å². The largest absolute Gasteiger partial charge is 0.342 e. The third-order valence-electron chi connectivity index (χ3n) is 6.45. The van der Waals surface area contributed by atoms with E-state index in [1.165, 1.54) is 6.42 Å². The number of hydrogen-bond donors (Lipinski definition) is 0. The van der Waals surface area contributed by atoms with E-state index >= 15 is 0 Å². The van der Waals surface area contributed by atoms with Gasteiger partial charge in [0.25, 0.3) is 0 Å². The van der Waals surface area contributed by atoms with Gasteiger partial charge in [0.05, 0.1) is 17.6 Å². The van der Waals surface area contributed by atoms with Gasteiger partial charge < -0.3 is 4.90 Å². The average Bonchev–Trinajstić information content (AvgIpc) is 3.26. The molecule has 1 amide bonds. The molecule has 2 aliphatic rings. The third-order valence-corrected chi connectivity index (χ3v) is 6.70. The van der Waals surface area contributed by atoms with Gasteiger partial charge in [-0.15, -0.1) is 0 Å². The molecule has 0 bridgehead atoms. The van der Waals surface area contributed by atoms with Crippen LogP contribution in [0.1, 0.15) is 42.5 Å². The number of carbonyl (C=O) groups is 1. The minimum atomic E-state index is -0.396. The summed E-state index contributed by atoms with van der Waals surface area (Å²) in [5.74, 6) is -0.200. The maximum absolute atomic E-state index is 14.0. The molecule has 0 aromatic heterocycles. The number of anilines is 1. The van der Waals surface area contributed by atoms with Gasteiger partial charge in [0.1, 0.15) is 6.10 Å². The summed E-state index contributed by atoms with van der Waals surface area (Å²) in [7, 11) is 0. The van der Waals surface area contributed by atoms with Gasteiger partial charge in [0.15, 0.2) is 0 Å². The van der Waals surface area contributed by atoms with Crippen molar-refractivity contribution in [2.45, 2.75) is 31.4 Å². The maximum Gasteiger partial charge on any atom is 0.231 e. The Morgan fingerprint density at radius 2 is 1.41 bits per heavy atom. The van der Waals surface area contributed by atoms with Crippen molar-refractivity contribution >= 4 is 23.2 Å². The van der Waals surface area contributed by atoms with Crippen molar-refractivity contribution in [3.8, 4) is 0 Å². The summed E-state index contributed by atoms with van der Waals surface area (Å²) in [5, 5.41) is 2.60. The Morgan fingerprint density at radius 3 is 2.06 bits per heavy atom. The molecule has 2 saturated heterocycles. The molecule has 3 aromatic rings. The van der Waals surface area contributed by atoms with Gasteiger partial charge in [-0.2, -0.15) is 0 Å². The van der Waals surface area contributed by atoms with Crippen molar-refractivity contribution in [1.29, 1.82) is 0 Å². The second-order valence-corrected chi connectivity index (χ2v) is 8.94. The quantitative estimate of drug-likeness (QED) is 0.478. The Labute approximate surface area is 194 Å². The van der Waals surface area contributed by atoms with E-state index in [0.29, 0.717) is 5.02 Å². The van der Waals surface area contributed by atoms with E-state index in [4.69, 9.17) is 16.4 Å². The van der Waals surface area contributed by atoms with Crippen LogP contribution in [0.15, 0.2) is 84.9 Å². The summed E-state index contributed by atoms with van der Waals surface area (Å²) in [5.41, 5.74) is 2.97. The Hall–Kier alpha value is -2.82. The number of likely N-dealkylation sites (tertiary alicyclic amines) is 1. The van der Waals surface area contributed by atoms with Crippen LogP contribution in [-0.4, -0.2) is 23.9 Å². The number of hydroxylamine groups is 1. The molecular weight excluding hydrogens is 420 g/mol. The predicted octanol–water partition coefficient (Wildman–Crippen LogP) is 6.20. The van der Waals surface area contributed by atoms with Crippen LogP contribution in [0.3, 0.4) is 0 Å². The molecule has 5 heteroatoms. The lowest BCUT2D eigenvalue weighted by Crippen LogP contribution is -2.42. The van der Waals surface area contributed by atoms with E-state index in [1.807, 2.05) is 82.8 Å². The highest BCUT2D eigenvalue weighted by molar-refractivity contribution is 6.30. The smallest absolute Gasteiger partial charge is 0.231 e. The van der Waals surface area contributed by atoms with E-state index < -0.39 is 6.10 Å². The number of amides is 1. The first-order valence-electron chi connectivity index (χ1n) is 11.3. The van der Waals surface area contributed by atoms with Gasteiger partial charge in [-0.1, -0.05) is 72.3 Å². The van der Waals surface area contributed by atoms with Crippen LogP contribution >= 0.6 is 11.6 Å². The zero-order chi connectivity index (χ0) is 21.9. The zero-order valence-corrected chi connectivity index (χ0v) is 18.7. The second-order valence-electron chi connectivity index (χ2n) is 8.51. The molecule has 0 aliphatic carbocycles. The van der Waals surface area contributed by atoms with Crippen LogP contribution in [0.25, 0.3) is 0 Å². The lowest BCUT2D eigenvalue weighted by Gasteiger charge is -2.33. The molecule has 5 rings (SSSR count). The summed E-state index contributed by atoms with van der Waals surface area (Å²) in [6, 6.07) is 27.7. The number of carbonyl (C=O) groups excluding carboxylic acids is 1. The summed E-state index contributed by atoms with van der Waals surface area (Å²) in [6.07, 6.45) is 2.91. The number of benzene rings is 3. The molecule has 0 radical (unpaired) electrons. The molecule has 2 aliphatic heterocycles. The van der Waals surface area contributed by atoms with E-state index in [-0.39, 0.29) is 17.9 Å². The zero-order valence-electron chi connectivity index (χ0n) is 17.9. The van der Waals surface area contributed by atoms with Crippen LogP contribution in [0.5, 0.6) is 0 Å². The van der Waals surface area contributed by atoms with Gasteiger partial charge in [-0.25, -0.2) is 5.06 Å². The van der Waals surface area contributed by atoms with Crippen LogP contribution < -0.4 is 5.06 Å². The summed E-state index contributed by atoms with van der Waals surface area (Å²) >= 11 is 6.16. The monoisotopic (exact) mass is 446 g/mol. The van der Waals surface area contributed by atoms with E-state index in [9.17, 15) is 4.79 Å². The molecule has 0 saturated carbocycles. The number of para-hydroxylation sites is 1. The number of halogens is 1. The van der Waals surface area contributed by atoms with Crippen LogP contribution in [0.2, 0.25) is 5.02 Å². The summed E-state index contributed by atoms with van der Waals surface area (Å²) in [4.78, 5) is 22.6. The third kappa shape index (κ3) is 4.13. The standard InChI is InChI=1S/C27H27ClN2O2/c28-22-16-14-21(15-17-22)26-24(27(31)29-18-8-3-9-19-29)25(20-10-4-1-5-11-20)30(32-26)23-12-6-2-7-13-23/h1-2,4-7,10-17,24-26H,3,8-9,18-19H2/t24-,25+,26+/m1/s1. The molecule has 2 fully saturated rings. The van der Waals surface area contributed by atoms with Crippen LogP contribution in [-0.2, 0) is 9.63 Å². The van der Waals surface area contributed by atoms with Crippen molar-refractivity contribution in [3.05, 3.63) is 101 Å². The summed E-state index contributed by atoms with van der Waals surface area (Å²) in [6.45, 7) is 1.63. The highest BCUT2D eigenvalue weighted by Gasteiger charge is 2.50. The Kier molecular flexibility index (Phi) is 6.15. The average molecular weight is 447 g/mol. The number of nitrogens with zero attached hydrogens (tertiary/aromatic N) is 2. The number of piperidine rings is 1. The van der Waals surface area contributed by atoms with Gasteiger partial charge >= 0.3 is 0 Å². The van der Waals surface area contributed by atoms with Crippen LogP contribution in [0.4, 0.5) is 5.69 Å². The summed E-state index contributed by atoms with van der Waals surface area (Å²) < 4.78 is 0. The first-order valence-corrected chi connectivity index (χ1v) is 11.7. The lowest BCUT2D eigenvalue weighted by molar-refractivity contribution is -0.138. The molecule has 0 spiro atoms. The SMILES string of the molecule is O=C([C@H]1[C@H](c2ccc(Cl)cc2)ON(c2ccccc2)[C@H]1c1ccccc1)N1CCCCC1. The fourth-order valence-electron chi connectivity index (χ4n) is 4.86. The topological polar surface area (TPSA) is 32.8 Å². The molecule has 4 nitrogen and oxygen atoms in total. The first kappa shape index (κ1) is 21.0. The van der Waals surface area contributed by atoms with Crippen molar-refractivity contribution in [2.24, 2.45) is 5.92 Å². The lowest BCUT2D eigenvalue weighted by atomic mass is 9.84. The fraction of sp³-hybridized carbons (Fsp3) is 0.296. The molecule has 3 atom stereocenters. The maximum atomic E-state index is 14.0. The van der Waals surface area contributed by atoms with Crippen molar-refractivity contribution < 1.29 is 9.63 Å². The number of rotatable bonds is 4. The highest BCUT2D eigenvalue weighted by atomic mass is 35.5. The van der Waals surface area contributed by atoms with E-state index in [1.54, 1.807) is 0 Å². The van der Waals surface area contributed by atoms with E-state index in [0.717, 1.165) is 42.7 Å². The molecule has 164 valence electrons. The minimum Gasteiger partial charge on any atom is -0.342 e. The minimum absolute atomic E-state index is 0.164. The van der Waals surface area contributed by atoms with Gasteiger partial charge in [-0.05, 0) is 54.7 Å². The van der Waals surface area contributed by atoms with Gasteiger partial charge in [0.2, 0.25) is 5.91 Å². The van der Waals surface area contributed by atoms with E-state index in [2.05, 4.69) is 12.1 Å². The molecule has 32 heavy (non-hydrogen) atoms. The normalized spacial score (nSPS) is 23.3. The molecule has 0 N–H and O–H groups in total.